The molecule has 3 unspecified atom stereocenters. The number of carbonyl (C=O) groups excluding carboxylic acids is 4. The normalized spacial score (nSPS) is 24.7. The number of nitrogens with one attached hydrogen (secondary N) is 1. The van der Waals surface area contributed by atoms with E-state index in [1.165, 1.54) is 17.5 Å². The molecule has 1 saturated heterocycles. The number of aromatic nitrogens is 3. The highest BCUT2D eigenvalue weighted by atomic mass is 35.5. The fourth-order valence-electron chi connectivity index (χ4n) is 6.94. The first-order valence-electron chi connectivity index (χ1n) is 14.6. The second-order valence-electron chi connectivity index (χ2n) is 12.9. The lowest BCUT2D eigenvalue weighted by molar-refractivity contribution is -0.146. The zero-order valence-electron chi connectivity index (χ0n) is 24.4. The molecule has 3 amide bonds. The summed E-state index contributed by atoms with van der Waals surface area (Å²) in [6.45, 7) is 5.10. The molecule has 3 atom stereocenters. The van der Waals surface area contributed by atoms with Crippen molar-refractivity contribution in [1.29, 1.82) is 0 Å². The van der Waals surface area contributed by atoms with E-state index >= 15 is 0 Å². The second-order valence-corrected chi connectivity index (χ2v) is 12.9. The fourth-order valence-corrected chi connectivity index (χ4v) is 6.94. The van der Waals surface area contributed by atoms with Crippen molar-refractivity contribution in [2.45, 2.75) is 127 Å². The highest BCUT2D eigenvalue weighted by Gasteiger charge is 2.50. The Kier molecular flexibility index (Phi) is 10.2. The first-order chi connectivity index (χ1) is 18.7. The third kappa shape index (κ3) is 7.09. The van der Waals surface area contributed by atoms with Crippen LogP contribution in [0.3, 0.4) is 0 Å². The number of Topliss-reactive ketones (excluding diaryl/α,β-unsaturated/α-hetero) is 1. The lowest BCUT2D eigenvalue weighted by Gasteiger charge is -2.39. The number of hydrogen-bond acceptors (Lipinski definition) is 8. The van der Waals surface area contributed by atoms with Crippen LogP contribution in [0.4, 0.5) is 0 Å². The van der Waals surface area contributed by atoms with Crippen LogP contribution in [0.1, 0.15) is 110 Å². The third-order valence-corrected chi connectivity index (χ3v) is 9.04. The molecule has 3 aliphatic rings. The van der Waals surface area contributed by atoms with Gasteiger partial charge in [0.2, 0.25) is 17.6 Å². The van der Waals surface area contributed by atoms with Crippen molar-refractivity contribution >= 4 is 35.9 Å². The lowest BCUT2D eigenvalue weighted by Crippen LogP contribution is -2.63. The van der Waals surface area contributed by atoms with E-state index < -0.39 is 46.4 Å². The monoisotopic (exact) mass is 595 g/mol. The van der Waals surface area contributed by atoms with Crippen LogP contribution in [0, 0.1) is 5.92 Å². The van der Waals surface area contributed by atoms with Gasteiger partial charge >= 0.3 is 0 Å². The average Bonchev–Trinajstić information content (AvgIpc) is 3.56. The van der Waals surface area contributed by atoms with E-state index in [4.69, 9.17) is 11.5 Å². The summed E-state index contributed by atoms with van der Waals surface area (Å²) in [5.41, 5.74) is 8.70. The number of nitrogens with zero attached hydrogens (tertiary/aromatic N) is 4. The molecule has 230 valence electrons. The van der Waals surface area contributed by atoms with Crippen LogP contribution in [0.2, 0.25) is 0 Å². The molecule has 12 nitrogen and oxygen atoms in total. The number of aliphatic hydroxyl groups is 1. The van der Waals surface area contributed by atoms with Crippen molar-refractivity contribution in [2.75, 3.05) is 6.54 Å². The van der Waals surface area contributed by atoms with E-state index in [1.807, 2.05) is 0 Å². The van der Waals surface area contributed by atoms with E-state index in [1.54, 1.807) is 25.5 Å². The summed E-state index contributed by atoms with van der Waals surface area (Å²) >= 11 is 0. The Morgan fingerprint density at radius 3 is 2.27 bits per heavy atom. The summed E-state index contributed by atoms with van der Waals surface area (Å²) in [5.74, 6) is -2.42. The zero-order chi connectivity index (χ0) is 29.3. The fraction of sp³-hybridized carbons (Fsp3) is 0.786. The van der Waals surface area contributed by atoms with Crippen LogP contribution in [0.5, 0.6) is 0 Å². The molecule has 2 heterocycles. The predicted octanol–water partition coefficient (Wildman–Crippen LogP) is 1.63. The maximum Gasteiger partial charge on any atom is 0.287 e. The van der Waals surface area contributed by atoms with Gasteiger partial charge in [0.15, 0.2) is 0 Å². The van der Waals surface area contributed by atoms with Gasteiger partial charge < -0.3 is 26.8 Å². The SMILES string of the molecule is CC(N)(CC1CCCCC1)C(=O)N1CC(n2nncc2C(C)(C)O)CC1C(=O)NC1(C(=O)C(N)=O)CCCCC1.Cl. The summed E-state index contributed by atoms with van der Waals surface area (Å²) < 4.78 is 1.56. The van der Waals surface area contributed by atoms with Gasteiger partial charge in [-0.25, -0.2) is 4.68 Å². The van der Waals surface area contributed by atoms with Crippen LogP contribution < -0.4 is 16.8 Å². The lowest BCUT2D eigenvalue weighted by atomic mass is 9.78. The molecular weight excluding hydrogens is 550 g/mol. The maximum atomic E-state index is 14.1. The summed E-state index contributed by atoms with van der Waals surface area (Å²) in [7, 11) is 0. The Balaban J connectivity index is 0.00000462. The first kappa shape index (κ1) is 32.9. The predicted molar refractivity (Wildman–Crippen MR) is 154 cm³/mol. The van der Waals surface area contributed by atoms with Crippen LogP contribution in [-0.4, -0.2) is 72.2 Å². The van der Waals surface area contributed by atoms with Crippen LogP contribution >= 0.6 is 12.4 Å². The highest BCUT2D eigenvalue weighted by Crippen LogP contribution is 2.36. The number of halogens is 1. The van der Waals surface area contributed by atoms with Crippen molar-refractivity contribution in [2.24, 2.45) is 17.4 Å². The van der Waals surface area contributed by atoms with Crippen molar-refractivity contribution < 1.29 is 24.3 Å². The van der Waals surface area contributed by atoms with Gasteiger partial charge in [-0.15, -0.1) is 17.5 Å². The van der Waals surface area contributed by atoms with Crippen LogP contribution in [-0.2, 0) is 24.8 Å². The van der Waals surface area contributed by atoms with Crippen molar-refractivity contribution in [1.82, 2.24) is 25.2 Å². The summed E-state index contributed by atoms with van der Waals surface area (Å²) in [4.78, 5) is 54.3. The molecule has 2 saturated carbocycles. The van der Waals surface area contributed by atoms with E-state index in [0.717, 1.165) is 32.1 Å². The average molecular weight is 596 g/mol. The summed E-state index contributed by atoms with van der Waals surface area (Å²) in [6.07, 6.45) is 10.5. The molecule has 41 heavy (non-hydrogen) atoms. The Morgan fingerprint density at radius 1 is 1.07 bits per heavy atom. The standard InChI is InChI=1S/C28H45N7O5.ClH/c1-26(2,40)21-16-31-33-35(21)19-14-20(24(38)32-28(22(36)23(29)37)12-8-5-9-13-28)34(17-19)25(39)27(3,30)15-18-10-6-4-7-11-18;/h16,18-20,40H,4-15,17,30H2,1-3H3,(H2,29,37)(H,32,38);1H. The Hall–Kier alpha value is -2.57. The molecule has 3 fully saturated rings. The molecule has 6 N–H and O–H groups in total. The summed E-state index contributed by atoms with van der Waals surface area (Å²) in [6, 6.07) is -1.41. The first-order valence-corrected chi connectivity index (χ1v) is 14.6. The van der Waals surface area contributed by atoms with Gasteiger partial charge in [0.05, 0.1) is 23.5 Å². The van der Waals surface area contributed by atoms with Gasteiger partial charge in [0, 0.05) is 13.0 Å². The molecule has 1 aromatic heterocycles. The minimum Gasteiger partial charge on any atom is -0.384 e. The number of rotatable bonds is 9. The van der Waals surface area contributed by atoms with E-state index in [-0.39, 0.29) is 31.3 Å². The molecular formula is C28H46ClN7O5. The third-order valence-electron chi connectivity index (χ3n) is 9.04. The van der Waals surface area contributed by atoms with E-state index in [2.05, 4.69) is 15.6 Å². The molecule has 1 aliphatic heterocycles. The minimum atomic E-state index is -1.38. The zero-order valence-corrected chi connectivity index (χ0v) is 25.3. The molecule has 2 aliphatic carbocycles. The van der Waals surface area contributed by atoms with E-state index in [0.29, 0.717) is 43.7 Å². The van der Waals surface area contributed by atoms with Crippen molar-refractivity contribution in [3.8, 4) is 0 Å². The second kappa shape index (κ2) is 12.7. The molecule has 0 radical (unpaired) electrons. The minimum absolute atomic E-state index is 0. The molecule has 0 spiro atoms. The van der Waals surface area contributed by atoms with Gasteiger partial charge in [0.1, 0.15) is 17.2 Å². The largest absolute Gasteiger partial charge is 0.384 e. The van der Waals surface area contributed by atoms with Gasteiger partial charge in [-0.1, -0.05) is 56.6 Å². The van der Waals surface area contributed by atoms with Crippen LogP contribution in [0.15, 0.2) is 6.20 Å². The maximum absolute atomic E-state index is 14.1. The van der Waals surface area contributed by atoms with E-state index in [9.17, 15) is 24.3 Å². The highest BCUT2D eigenvalue weighted by molar-refractivity contribution is 6.39. The number of amides is 3. The number of primary amides is 1. The number of hydrogen-bond donors (Lipinski definition) is 4. The molecule has 1 aromatic rings. The Bertz CT molecular complexity index is 1120. The Morgan fingerprint density at radius 2 is 1.68 bits per heavy atom. The number of ketones is 1. The number of likely N-dealkylation sites (tertiary alicyclic amines) is 1. The number of nitrogens with two attached hydrogens (primary N) is 2. The topological polar surface area (TPSA) is 187 Å². The molecule has 0 aromatic carbocycles. The van der Waals surface area contributed by atoms with Crippen LogP contribution in [0.25, 0.3) is 0 Å². The number of carbonyl (C=O) groups is 4. The van der Waals surface area contributed by atoms with Gasteiger partial charge in [-0.05, 0) is 46.0 Å². The molecule has 13 heteroatoms. The van der Waals surface area contributed by atoms with Gasteiger partial charge in [-0.3, -0.25) is 19.2 Å². The Labute approximate surface area is 247 Å². The van der Waals surface area contributed by atoms with Gasteiger partial charge in [0.25, 0.3) is 5.91 Å². The van der Waals surface area contributed by atoms with Gasteiger partial charge in [-0.2, -0.15) is 0 Å². The van der Waals surface area contributed by atoms with Crippen molar-refractivity contribution in [3.05, 3.63) is 11.9 Å². The quantitative estimate of drug-likeness (QED) is 0.310. The smallest absolute Gasteiger partial charge is 0.287 e. The van der Waals surface area contributed by atoms with Crippen molar-refractivity contribution in [3.63, 3.8) is 0 Å². The molecule has 4 rings (SSSR count). The molecule has 0 bridgehead atoms. The summed E-state index contributed by atoms with van der Waals surface area (Å²) in [5, 5.41) is 21.7.